The average molecular weight is 290 g/mol. The summed E-state index contributed by atoms with van der Waals surface area (Å²) < 4.78 is 7.25. The van der Waals surface area contributed by atoms with E-state index < -0.39 is 0 Å². The third-order valence-corrected chi connectivity index (χ3v) is 4.92. The van der Waals surface area contributed by atoms with Crippen LogP contribution in [0.3, 0.4) is 0 Å². The molecule has 1 aliphatic carbocycles. The van der Waals surface area contributed by atoms with Gasteiger partial charge in [-0.2, -0.15) is 0 Å². The molecule has 3 rings (SSSR count). The zero-order valence-electron chi connectivity index (χ0n) is 12.3. The van der Waals surface area contributed by atoms with E-state index in [4.69, 9.17) is 10.5 Å². The van der Waals surface area contributed by atoms with E-state index in [1.807, 2.05) is 18.2 Å². The van der Waals surface area contributed by atoms with Crippen molar-refractivity contribution in [1.29, 1.82) is 0 Å². The molecule has 108 valence electrons. The number of hydrogen-bond donors (Lipinski definition) is 1. The Bertz CT molecular complexity index is 620. The van der Waals surface area contributed by atoms with Gasteiger partial charge >= 0.3 is 0 Å². The fourth-order valence-electron chi connectivity index (χ4n) is 3.46. The number of nitrogens with zero attached hydrogens (tertiary/aromatic N) is 1. The molecule has 0 amide bonds. The topological polar surface area (TPSA) is 48.1 Å². The van der Waals surface area contributed by atoms with Gasteiger partial charge in [-0.15, -0.1) is 0 Å². The highest BCUT2D eigenvalue weighted by molar-refractivity contribution is 7.20. The predicted molar refractivity (Wildman–Crippen MR) is 85.2 cm³/mol. The average Bonchev–Trinajstić information content (AvgIpc) is 2.67. The Labute approximate surface area is 124 Å². The zero-order chi connectivity index (χ0) is 14.3. The molecule has 2 atom stereocenters. The van der Waals surface area contributed by atoms with Crippen molar-refractivity contribution in [2.24, 2.45) is 11.3 Å². The normalized spacial score (nSPS) is 25.8. The van der Waals surface area contributed by atoms with Crippen LogP contribution in [0, 0.1) is 11.3 Å². The molecule has 2 N–H and O–H groups in total. The van der Waals surface area contributed by atoms with Crippen LogP contribution >= 0.6 is 11.3 Å². The lowest BCUT2D eigenvalue weighted by atomic mass is 9.71. The Balaban J connectivity index is 1.78. The number of ether oxygens (including phenoxy) is 1. The van der Waals surface area contributed by atoms with Gasteiger partial charge in [0.15, 0.2) is 0 Å². The first-order valence-electron chi connectivity index (χ1n) is 7.24. The Morgan fingerprint density at radius 1 is 1.35 bits per heavy atom. The summed E-state index contributed by atoms with van der Waals surface area (Å²) in [5, 5.41) is 0.778. The van der Waals surface area contributed by atoms with Crippen LogP contribution in [0.15, 0.2) is 18.2 Å². The molecule has 1 aromatic carbocycles. The maximum absolute atomic E-state index is 6.15. The minimum Gasteiger partial charge on any atom is -0.467 e. The van der Waals surface area contributed by atoms with Crippen LogP contribution in [-0.4, -0.2) is 11.1 Å². The van der Waals surface area contributed by atoms with E-state index in [0.717, 1.165) is 33.9 Å². The fourth-order valence-corrected chi connectivity index (χ4v) is 4.39. The van der Waals surface area contributed by atoms with Crippen molar-refractivity contribution in [3.8, 4) is 5.19 Å². The molecule has 1 heterocycles. The number of fused-ring (bicyclic) bond motifs is 1. The van der Waals surface area contributed by atoms with E-state index >= 15 is 0 Å². The van der Waals surface area contributed by atoms with Crippen molar-refractivity contribution < 1.29 is 4.74 Å². The smallest absolute Gasteiger partial charge is 0.274 e. The maximum Gasteiger partial charge on any atom is 0.274 e. The Kier molecular flexibility index (Phi) is 3.36. The number of aromatic nitrogens is 1. The standard InChI is InChI=1S/C16H22N2OS/c1-10-6-12(9-16(2,3)8-10)19-15-18-13-5-4-11(17)7-14(13)20-15/h4-5,7,10,12H,6,8-9,17H2,1-3H3. The van der Waals surface area contributed by atoms with Crippen molar-refractivity contribution in [2.75, 3.05) is 5.73 Å². The molecule has 3 nitrogen and oxygen atoms in total. The monoisotopic (exact) mass is 290 g/mol. The first kappa shape index (κ1) is 13.7. The molecule has 1 aromatic heterocycles. The fraction of sp³-hybridized carbons (Fsp3) is 0.562. The third-order valence-electron chi connectivity index (χ3n) is 4.01. The lowest BCUT2D eigenvalue weighted by Gasteiger charge is -2.38. The van der Waals surface area contributed by atoms with Gasteiger partial charge in [-0.05, 0) is 48.8 Å². The Morgan fingerprint density at radius 2 is 2.15 bits per heavy atom. The molecular formula is C16H22N2OS. The second kappa shape index (κ2) is 4.92. The molecule has 2 unspecified atom stereocenters. The molecule has 2 aromatic rings. The zero-order valence-corrected chi connectivity index (χ0v) is 13.2. The number of nitrogens with two attached hydrogens (primary N) is 1. The highest BCUT2D eigenvalue weighted by Gasteiger charge is 2.33. The quantitative estimate of drug-likeness (QED) is 0.830. The van der Waals surface area contributed by atoms with Gasteiger partial charge in [0.1, 0.15) is 6.10 Å². The number of anilines is 1. The number of thiazole rings is 1. The lowest BCUT2D eigenvalue weighted by Crippen LogP contribution is -2.34. The van der Waals surface area contributed by atoms with E-state index in [9.17, 15) is 0 Å². The SMILES string of the molecule is CC1CC(Oc2nc3ccc(N)cc3s2)CC(C)(C)C1. The van der Waals surface area contributed by atoms with Gasteiger partial charge < -0.3 is 10.5 Å². The second-order valence-electron chi connectivity index (χ2n) is 6.86. The summed E-state index contributed by atoms with van der Waals surface area (Å²) in [5.74, 6) is 0.716. The molecule has 1 fully saturated rings. The summed E-state index contributed by atoms with van der Waals surface area (Å²) in [6, 6.07) is 5.81. The van der Waals surface area contributed by atoms with E-state index in [1.54, 1.807) is 11.3 Å². The summed E-state index contributed by atoms with van der Waals surface area (Å²) >= 11 is 1.59. The number of hydrogen-bond acceptors (Lipinski definition) is 4. The van der Waals surface area contributed by atoms with Crippen molar-refractivity contribution in [3.05, 3.63) is 18.2 Å². The van der Waals surface area contributed by atoms with Crippen LogP contribution in [0.4, 0.5) is 5.69 Å². The minimum atomic E-state index is 0.284. The van der Waals surface area contributed by atoms with E-state index in [2.05, 4.69) is 25.8 Å². The van der Waals surface area contributed by atoms with Crippen LogP contribution in [-0.2, 0) is 0 Å². The van der Waals surface area contributed by atoms with Crippen molar-refractivity contribution in [3.63, 3.8) is 0 Å². The van der Waals surface area contributed by atoms with E-state index in [0.29, 0.717) is 11.3 Å². The van der Waals surface area contributed by atoms with Gasteiger partial charge in [-0.25, -0.2) is 4.98 Å². The highest BCUT2D eigenvalue weighted by atomic mass is 32.1. The van der Waals surface area contributed by atoms with Gasteiger partial charge in [0.05, 0.1) is 10.2 Å². The van der Waals surface area contributed by atoms with Gasteiger partial charge in [0.2, 0.25) is 0 Å². The second-order valence-corrected chi connectivity index (χ2v) is 7.85. The van der Waals surface area contributed by atoms with Crippen LogP contribution in [0.1, 0.15) is 40.0 Å². The molecular weight excluding hydrogens is 268 g/mol. The van der Waals surface area contributed by atoms with Crippen LogP contribution in [0.5, 0.6) is 5.19 Å². The predicted octanol–water partition coefficient (Wildman–Crippen LogP) is 4.47. The summed E-state index contributed by atoms with van der Waals surface area (Å²) in [7, 11) is 0. The van der Waals surface area contributed by atoms with Crippen molar-refractivity contribution in [2.45, 2.75) is 46.1 Å². The van der Waals surface area contributed by atoms with E-state index in [-0.39, 0.29) is 6.10 Å². The van der Waals surface area contributed by atoms with Gasteiger partial charge in [-0.1, -0.05) is 32.1 Å². The highest BCUT2D eigenvalue weighted by Crippen LogP contribution is 2.41. The van der Waals surface area contributed by atoms with Crippen LogP contribution in [0.25, 0.3) is 10.2 Å². The summed E-state index contributed by atoms with van der Waals surface area (Å²) in [6.45, 7) is 6.98. The van der Waals surface area contributed by atoms with Crippen LogP contribution in [0.2, 0.25) is 0 Å². The van der Waals surface area contributed by atoms with Crippen LogP contribution < -0.4 is 10.5 Å². The largest absolute Gasteiger partial charge is 0.467 e. The molecule has 0 saturated heterocycles. The molecule has 1 aliphatic rings. The van der Waals surface area contributed by atoms with Gasteiger partial charge in [0, 0.05) is 5.69 Å². The lowest BCUT2D eigenvalue weighted by molar-refractivity contribution is 0.0562. The van der Waals surface area contributed by atoms with E-state index in [1.165, 1.54) is 6.42 Å². The Morgan fingerprint density at radius 3 is 2.90 bits per heavy atom. The first-order chi connectivity index (χ1) is 9.41. The number of nitrogen functional groups attached to an aromatic ring is 1. The van der Waals surface area contributed by atoms with Crippen molar-refractivity contribution in [1.82, 2.24) is 4.98 Å². The summed E-state index contributed by atoms with van der Waals surface area (Å²) in [6.07, 6.45) is 3.80. The first-order valence-corrected chi connectivity index (χ1v) is 8.06. The molecule has 0 spiro atoms. The van der Waals surface area contributed by atoms with Gasteiger partial charge in [-0.3, -0.25) is 0 Å². The number of rotatable bonds is 2. The minimum absolute atomic E-state index is 0.284. The molecule has 0 bridgehead atoms. The summed E-state index contributed by atoms with van der Waals surface area (Å²) in [5.41, 5.74) is 7.93. The van der Waals surface area contributed by atoms with Gasteiger partial charge in [0.25, 0.3) is 5.19 Å². The molecule has 0 radical (unpaired) electrons. The molecule has 20 heavy (non-hydrogen) atoms. The molecule has 0 aliphatic heterocycles. The number of benzene rings is 1. The molecule has 1 saturated carbocycles. The Hall–Kier alpha value is -1.29. The van der Waals surface area contributed by atoms with Crippen molar-refractivity contribution >= 4 is 27.2 Å². The maximum atomic E-state index is 6.15. The molecule has 4 heteroatoms. The third kappa shape index (κ3) is 2.90. The summed E-state index contributed by atoms with van der Waals surface area (Å²) in [4.78, 5) is 4.56.